The fraction of sp³-hybridized carbons (Fsp3) is 0.179. The molecule has 2 amide bonds. The molecule has 3 aromatic carbocycles. The Morgan fingerprint density at radius 2 is 1.74 bits per heavy atom. The summed E-state index contributed by atoms with van der Waals surface area (Å²) in [5.74, 6) is 0.0298. The van der Waals surface area contributed by atoms with E-state index in [9.17, 15) is 14.9 Å². The lowest BCUT2D eigenvalue weighted by Crippen LogP contribution is -2.31. The standard InChI is InChI=1S/C28H25N3O3S/c1-18-8-12-21(13-9-18)30-26(32)23(17-29)28-31(24-7-5-4-6-19(24)2)27(33)25(35-28)16-20-10-14-22(34-3)15-11-20/h4-15,25H,16H2,1-3H3,(H,30,32). The minimum atomic E-state index is -0.546. The number of anilines is 2. The molecule has 4 rings (SSSR count). The van der Waals surface area contributed by atoms with Crippen LogP contribution in [0.5, 0.6) is 5.75 Å². The number of ether oxygens (including phenoxy) is 1. The van der Waals surface area contributed by atoms with Crippen molar-refractivity contribution in [2.45, 2.75) is 25.5 Å². The fourth-order valence-corrected chi connectivity index (χ4v) is 5.13. The Balaban J connectivity index is 1.71. The molecule has 1 aliphatic rings. The summed E-state index contributed by atoms with van der Waals surface area (Å²) in [5.41, 5.74) is 4.05. The number of thioether (sulfide) groups is 1. The van der Waals surface area contributed by atoms with Crippen LogP contribution < -0.4 is 15.0 Å². The molecular formula is C28H25N3O3S. The van der Waals surface area contributed by atoms with E-state index >= 15 is 0 Å². The van der Waals surface area contributed by atoms with Gasteiger partial charge in [0.2, 0.25) is 5.91 Å². The maximum atomic E-state index is 13.6. The van der Waals surface area contributed by atoms with Crippen LogP contribution in [0.4, 0.5) is 11.4 Å². The number of nitrogens with one attached hydrogen (secondary N) is 1. The van der Waals surface area contributed by atoms with Gasteiger partial charge in [-0.1, -0.05) is 59.8 Å². The van der Waals surface area contributed by atoms with Crippen LogP contribution in [0.15, 0.2) is 83.4 Å². The van der Waals surface area contributed by atoms with Crippen molar-refractivity contribution in [3.05, 3.63) is 100 Å². The van der Waals surface area contributed by atoms with Gasteiger partial charge in [0.25, 0.3) is 5.91 Å². The van der Waals surface area contributed by atoms with Gasteiger partial charge in [0.05, 0.1) is 18.0 Å². The van der Waals surface area contributed by atoms with Crippen molar-refractivity contribution in [1.29, 1.82) is 5.26 Å². The number of hydrogen-bond acceptors (Lipinski definition) is 5. The zero-order chi connectivity index (χ0) is 24.9. The number of rotatable bonds is 6. The van der Waals surface area contributed by atoms with Gasteiger partial charge in [-0.3, -0.25) is 14.5 Å². The molecule has 0 aromatic heterocycles. The second-order valence-corrected chi connectivity index (χ2v) is 9.42. The molecule has 35 heavy (non-hydrogen) atoms. The van der Waals surface area contributed by atoms with Crippen LogP contribution in [-0.2, 0) is 16.0 Å². The molecule has 1 heterocycles. The Labute approximate surface area is 209 Å². The third-order valence-corrected chi connectivity index (χ3v) is 7.01. The SMILES string of the molecule is COc1ccc(CC2SC(=C(C#N)C(=O)Nc3ccc(C)cc3)N(c3ccccc3C)C2=O)cc1. The van der Waals surface area contributed by atoms with Gasteiger partial charge in [-0.25, -0.2) is 0 Å². The lowest BCUT2D eigenvalue weighted by atomic mass is 10.1. The zero-order valence-corrected chi connectivity index (χ0v) is 20.6. The first kappa shape index (κ1) is 24.1. The topological polar surface area (TPSA) is 82.4 Å². The summed E-state index contributed by atoms with van der Waals surface area (Å²) >= 11 is 1.25. The first-order chi connectivity index (χ1) is 16.9. The predicted octanol–water partition coefficient (Wildman–Crippen LogP) is 5.38. The number of carbonyl (C=O) groups is 2. The summed E-state index contributed by atoms with van der Waals surface area (Å²) in [5, 5.41) is 12.7. The number of carbonyl (C=O) groups excluding carboxylic acids is 2. The van der Waals surface area contributed by atoms with Crippen molar-refractivity contribution >= 4 is 35.0 Å². The van der Waals surface area contributed by atoms with Gasteiger partial charge in [-0.2, -0.15) is 5.26 Å². The number of amides is 2. The number of methoxy groups -OCH3 is 1. The summed E-state index contributed by atoms with van der Waals surface area (Å²) in [4.78, 5) is 28.3. The van der Waals surface area contributed by atoms with Crippen LogP contribution in [0.2, 0.25) is 0 Å². The first-order valence-electron chi connectivity index (χ1n) is 11.1. The van der Waals surface area contributed by atoms with Gasteiger partial charge in [-0.05, 0) is 61.7 Å². The number of nitrogens with zero attached hydrogens (tertiary/aromatic N) is 2. The Morgan fingerprint density at radius 1 is 1.06 bits per heavy atom. The van der Waals surface area contributed by atoms with E-state index in [2.05, 4.69) is 11.4 Å². The average Bonchev–Trinajstić information content (AvgIpc) is 3.17. The van der Waals surface area contributed by atoms with E-state index < -0.39 is 11.2 Å². The molecule has 7 heteroatoms. The Hall–Kier alpha value is -4.02. The van der Waals surface area contributed by atoms with Crippen molar-refractivity contribution in [1.82, 2.24) is 0 Å². The van der Waals surface area contributed by atoms with Crippen LogP contribution in [0, 0.1) is 25.2 Å². The van der Waals surface area contributed by atoms with Gasteiger partial charge in [0.1, 0.15) is 22.4 Å². The maximum absolute atomic E-state index is 13.6. The van der Waals surface area contributed by atoms with Crippen LogP contribution in [0.25, 0.3) is 0 Å². The summed E-state index contributed by atoms with van der Waals surface area (Å²) in [6.07, 6.45) is 0.456. The highest BCUT2D eigenvalue weighted by Gasteiger charge is 2.41. The highest BCUT2D eigenvalue weighted by molar-refractivity contribution is 8.05. The van der Waals surface area contributed by atoms with Gasteiger partial charge >= 0.3 is 0 Å². The number of hydrogen-bond donors (Lipinski definition) is 1. The molecule has 1 saturated heterocycles. The van der Waals surface area contributed by atoms with Crippen LogP contribution in [0.3, 0.4) is 0 Å². The Bertz CT molecular complexity index is 1320. The summed E-state index contributed by atoms with van der Waals surface area (Å²) in [6, 6.07) is 24.4. The molecule has 6 nitrogen and oxygen atoms in total. The van der Waals surface area contributed by atoms with E-state index in [0.717, 1.165) is 22.4 Å². The lowest BCUT2D eigenvalue weighted by molar-refractivity contribution is -0.117. The molecule has 0 radical (unpaired) electrons. The van der Waals surface area contributed by atoms with Gasteiger partial charge < -0.3 is 10.1 Å². The quantitative estimate of drug-likeness (QED) is 0.376. The number of aryl methyl sites for hydroxylation is 2. The Morgan fingerprint density at radius 3 is 2.37 bits per heavy atom. The molecule has 0 spiro atoms. The Kier molecular flexibility index (Phi) is 7.23. The molecule has 1 aliphatic heterocycles. The second-order valence-electron chi connectivity index (χ2n) is 8.23. The van der Waals surface area contributed by atoms with Crippen molar-refractivity contribution < 1.29 is 14.3 Å². The normalized spacial score (nSPS) is 16.6. The highest BCUT2D eigenvalue weighted by Crippen LogP contribution is 2.43. The van der Waals surface area contributed by atoms with E-state index in [-0.39, 0.29) is 11.5 Å². The van der Waals surface area contributed by atoms with E-state index in [1.54, 1.807) is 19.2 Å². The van der Waals surface area contributed by atoms with Gasteiger partial charge in [0, 0.05) is 5.69 Å². The van der Waals surface area contributed by atoms with Crippen molar-refractivity contribution in [2.24, 2.45) is 0 Å². The molecule has 0 bridgehead atoms. The minimum absolute atomic E-state index is 0.0931. The molecule has 1 atom stereocenters. The predicted molar refractivity (Wildman–Crippen MR) is 139 cm³/mol. The van der Waals surface area contributed by atoms with Gasteiger partial charge in [-0.15, -0.1) is 0 Å². The minimum Gasteiger partial charge on any atom is -0.497 e. The van der Waals surface area contributed by atoms with Crippen LogP contribution >= 0.6 is 11.8 Å². The molecule has 176 valence electrons. The van der Waals surface area contributed by atoms with E-state index in [1.807, 2.05) is 74.5 Å². The van der Waals surface area contributed by atoms with E-state index in [1.165, 1.54) is 16.7 Å². The van der Waals surface area contributed by atoms with E-state index in [0.29, 0.717) is 22.8 Å². The summed E-state index contributed by atoms with van der Waals surface area (Å²) in [7, 11) is 1.60. The van der Waals surface area contributed by atoms with Crippen molar-refractivity contribution in [2.75, 3.05) is 17.3 Å². The van der Waals surface area contributed by atoms with Crippen molar-refractivity contribution in [3.63, 3.8) is 0 Å². The molecule has 0 saturated carbocycles. The number of nitriles is 1. The molecule has 0 aliphatic carbocycles. The molecule has 3 aromatic rings. The second kappa shape index (κ2) is 10.5. The monoisotopic (exact) mass is 483 g/mol. The highest BCUT2D eigenvalue weighted by atomic mass is 32.2. The largest absolute Gasteiger partial charge is 0.497 e. The maximum Gasteiger partial charge on any atom is 0.269 e. The number of benzene rings is 3. The zero-order valence-electron chi connectivity index (χ0n) is 19.7. The third-order valence-electron chi connectivity index (χ3n) is 5.75. The summed E-state index contributed by atoms with van der Waals surface area (Å²) < 4.78 is 5.22. The van der Waals surface area contributed by atoms with Crippen molar-refractivity contribution in [3.8, 4) is 11.8 Å². The van der Waals surface area contributed by atoms with Crippen LogP contribution in [-0.4, -0.2) is 24.2 Å². The molecule has 1 fully saturated rings. The third kappa shape index (κ3) is 5.23. The number of para-hydroxylation sites is 1. The lowest BCUT2D eigenvalue weighted by Gasteiger charge is -2.20. The van der Waals surface area contributed by atoms with E-state index in [4.69, 9.17) is 4.74 Å². The smallest absolute Gasteiger partial charge is 0.269 e. The first-order valence-corrected chi connectivity index (χ1v) is 12.0. The molecule has 1 unspecified atom stereocenters. The average molecular weight is 484 g/mol. The van der Waals surface area contributed by atoms with Gasteiger partial charge in [0.15, 0.2) is 0 Å². The fourth-order valence-electron chi connectivity index (χ4n) is 3.83. The molecule has 1 N–H and O–H groups in total. The van der Waals surface area contributed by atoms with Crippen LogP contribution in [0.1, 0.15) is 16.7 Å². The summed E-state index contributed by atoms with van der Waals surface area (Å²) in [6.45, 7) is 3.86. The molecular weight excluding hydrogens is 458 g/mol.